The molecule has 1 saturated heterocycles. The Kier molecular flexibility index (Phi) is 5.48. The van der Waals surface area contributed by atoms with Crippen LogP contribution in [-0.2, 0) is 13.5 Å². The number of ether oxygens (including phenoxy) is 1. The summed E-state index contributed by atoms with van der Waals surface area (Å²) >= 11 is 0. The van der Waals surface area contributed by atoms with E-state index in [2.05, 4.69) is 68.8 Å². The van der Waals surface area contributed by atoms with Gasteiger partial charge < -0.3 is 14.2 Å². The number of nitrogens with zero attached hydrogens (tertiary/aromatic N) is 5. The van der Waals surface area contributed by atoms with Crippen LogP contribution >= 0.6 is 0 Å². The molecule has 0 spiro atoms. The average Bonchev–Trinajstić information content (AvgIpc) is 3.05. The van der Waals surface area contributed by atoms with Crippen molar-refractivity contribution in [2.24, 2.45) is 7.05 Å². The molecule has 4 rings (SSSR count). The Labute approximate surface area is 166 Å². The second-order valence-electron chi connectivity index (χ2n) is 7.63. The number of piperazine rings is 1. The summed E-state index contributed by atoms with van der Waals surface area (Å²) in [7, 11) is 3.81. The molecule has 0 bridgehead atoms. The first-order valence-electron chi connectivity index (χ1n) is 10.0. The third kappa shape index (κ3) is 3.69. The van der Waals surface area contributed by atoms with E-state index in [1.807, 2.05) is 0 Å². The van der Waals surface area contributed by atoms with E-state index < -0.39 is 0 Å². The summed E-state index contributed by atoms with van der Waals surface area (Å²) in [5.41, 5.74) is 2.77. The van der Waals surface area contributed by atoms with Crippen LogP contribution < -0.4 is 9.64 Å². The number of anilines is 1. The standard InChI is InChI=1S/C22H29N5O/c1-17-14-27(22-21(28-3)13-23-16-24-22)12-11-26(17)10-6-7-18-15-25(2)20-9-5-4-8-19(18)20/h4-5,8-9,13,15-17H,6-7,10-12,14H2,1-3H3. The first-order valence-corrected chi connectivity index (χ1v) is 10.0. The zero-order valence-corrected chi connectivity index (χ0v) is 17.0. The molecule has 1 aliphatic heterocycles. The van der Waals surface area contributed by atoms with Crippen LogP contribution in [0.3, 0.4) is 0 Å². The van der Waals surface area contributed by atoms with Gasteiger partial charge in [0.15, 0.2) is 11.6 Å². The van der Waals surface area contributed by atoms with E-state index in [1.54, 1.807) is 19.6 Å². The summed E-state index contributed by atoms with van der Waals surface area (Å²) in [5.74, 6) is 1.65. The Hall–Kier alpha value is -2.60. The lowest BCUT2D eigenvalue weighted by molar-refractivity contribution is 0.186. The van der Waals surface area contributed by atoms with Gasteiger partial charge >= 0.3 is 0 Å². The Balaban J connectivity index is 1.34. The normalized spacial score (nSPS) is 18.0. The SMILES string of the molecule is COc1cncnc1N1CCN(CCCc2cn(C)c3ccccc23)C(C)C1. The fraction of sp³-hybridized carbons (Fsp3) is 0.455. The highest BCUT2D eigenvalue weighted by molar-refractivity contribution is 5.83. The van der Waals surface area contributed by atoms with Crippen LogP contribution in [0.1, 0.15) is 18.9 Å². The van der Waals surface area contributed by atoms with E-state index in [4.69, 9.17) is 4.74 Å². The number of methoxy groups -OCH3 is 1. The molecule has 6 heteroatoms. The van der Waals surface area contributed by atoms with E-state index in [0.717, 1.165) is 44.2 Å². The maximum atomic E-state index is 5.43. The van der Waals surface area contributed by atoms with E-state index in [1.165, 1.54) is 22.9 Å². The molecule has 0 radical (unpaired) electrons. The Morgan fingerprint density at radius 1 is 1.21 bits per heavy atom. The fourth-order valence-electron chi connectivity index (χ4n) is 4.31. The van der Waals surface area contributed by atoms with Crippen LogP contribution in [0.4, 0.5) is 5.82 Å². The van der Waals surface area contributed by atoms with E-state index >= 15 is 0 Å². The molecular formula is C22H29N5O. The molecule has 0 saturated carbocycles. The van der Waals surface area contributed by atoms with Crippen molar-refractivity contribution in [3.05, 3.63) is 48.5 Å². The van der Waals surface area contributed by atoms with Gasteiger partial charge in [0.25, 0.3) is 0 Å². The fourth-order valence-corrected chi connectivity index (χ4v) is 4.31. The summed E-state index contributed by atoms with van der Waals surface area (Å²) in [5, 5.41) is 1.39. The van der Waals surface area contributed by atoms with E-state index in [0.29, 0.717) is 6.04 Å². The van der Waals surface area contributed by atoms with Gasteiger partial charge in [0.1, 0.15) is 6.33 Å². The van der Waals surface area contributed by atoms with Gasteiger partial charge in [-0.1, -0.05) is 18.2 Å². The Morgan fingerprint density at radius 3 is 2.89 bits per heavy atom. The van der Waals surface area contributed by atoms with Crippen molar-refractivity contribution in [2.75, 3.05) is 38.2 Å². The summed E-state index contributed by atoms with van der Waals surface area (Å²) in [4.78, 5) is 13.4. The molecule has 1 aromatic carbocycles. The molecule has 1 fully saturated rings. The van der Waals surface area contributed by atoms with Crippen LogP contribution in [0, 0.1) is 0 Å². The highest BCUT2D eigenvalue weighted by Crippen LogP contribution is 2.26. The van der Waals surface area contributed by atoms with Gasteiger partial charge in [0, 0.05) is 49.8 Å². The largest absolute Gasteiger partial charge is 0.491 e. The van der Waals surface area contributed by atoms with Crippen molar-refractivity contribution < 1.29 is 4.74 Å². The van der Waals surface area contributed by atoms with Gasteiger partial charge in [-0.25, -0.2) is 9.97 Å². The third-order valence-corrected chi connectivity index (χ3v) is 5.81. The van der Waals surface area contributed by atoms with Gasteiger partial charge in [0.2, 0.25) is 0 Å². The molecule has 0 N–H and O–H groups in total. The molecule has 6 nitrogen and oxygen atoms in total. The minimum absolute atomic E-state index is 0.487. The lowest BCUT2D eigenvalue weighted by atomic mass is 10.1. The summed E-state index contributed by atoms with van der Waals surface area (Å²) in [6.07, 6.45) is 7.92. The molecule has 148 valence electrons. The number of para-hydroxylation sites is 1. The van der Waals surface area contributed by atoms with Crippen molar-refractivity contribution >= 4 is 16.7 Å². The summed E-state index contributed by atoms with van der Waals surface area (Å²) < 4.78 is 7.67. The number of hydrogen-bond acceptors (Lipinski definition) is 5. The highest BCUT2D eigenvalue weighted by Gasteiger charge is 2.26. The highest BCUT2D eigenvalue weighted by atomic mass is 16.5. The molecule has 1 unspecified atom stereocenters. The van der Waals surface area contributed by atoms with Gasteiger partial charge in [-0.05, 0) is 37.9 Å². The zero-order valence-electron chi connectivity index (χ0n) is 17.0. The van der Waals surface area contributed by atoms with Crippen molar-refractivity contribution in [3.63, 3.8) is 0 Å². The second kappa shape index (κ2) is 8.19. The van der Waals surface area contributed by atoms with Crippen LogP contribution in [0.2, 0.25) is 0 Å². The molecule has 0 amide bonds. The van der Waals surface area contributed by atoms with Crippen LogP contribution in [-0.4, -0.2) is 58.8 Å². The Bertz CT molecular complexity index is 938. The number of benzene rings is 1. The number of aryl methyl sites for hydroxylation is 2. The second-order valence-corrected chi connectivity index (χ2v) is 7.63. The lowest BCUT2D eigenvalue weighted by Gasteiger charge is -2.40. The molecule has 0 aliphatic carbocycles. The number of hydrogen-bond donors (Lipinski definition) is 0. The minimum Gasteiger partial charge on any atom is -0.491 e. The monoisotopic (exact) mass is 379 g/mol. The predicted molar refractivity (Wildman–Crippen MR) is 113 cm³/mol. The molecule has 3 heterocycles. The van der Waals surface area contributed by atoms with Gasteiger partial charge in [0.05, 0.1) is 13.3 Å². The number of fused-ring (bicyclic) bond motifs is 1. The van der Waals surface area contributed by atoms with Crippen LogP contribution in [0.15, 0.2) is 43.0 Å². The number of rotatable bonds is 6. The lowest BCUT2D eigenvalue weighted by Crippen LogP contribution is -2.52. The maximum Gasteiger partial charge on any atom is 0.179 e. The van der Waals surface area contributed by atoms with Crippen molar-refractivity contribution in [2.45, 2.75) is 25.8 Å². The molecule has 28 heavy (non-hydrogen) atoms. The third-order valence-electron chi connectivity index (χ3n) is 5.81. The zero-order chi connectivity index (χ0) is 19.5. The first kappa shape index (κ1) is 18.7. The molecule has 3 aromatic rings. The van der Waals surface area contributed by atoms with Gasteiger partial charge in [-0.2, -0.15) is 0 Å². The predicted octanol–water partition coefficient (Wildman–Crippen LogP) is 3.12. The van der Waals surface area contributed by atoms with Gasteiger partial charge in [-0.3, -0.25) is 4.90 Å². The quantitative estimate of drug-likeness (QED) is 0.659. The summed E-state index contributed by atoms with van der Waals surface area (Å²) in [6.45, 7) is 6.40. The minimum atomic E-state index is 0.487. The maximum absolute atomic E-state index is 5.43. The average molecular weight is 380 g/mol. The van der Waals surface area contributed by atoms with E-state index in [-0.39, 0.29) is 0 Å². The Morgan fingerprint density at radius 2 is 2.07 bits per heavy atom. The molecule has 1 atom stereocenters. The van der Waals surface area contributed by atoms with Crippen LogP contribution in [0.25, 0.3) is 10.9 Å². The molecule has 1 aliphatic rings. The number of aromatic nitrogens is 3. The molecule has 2 aromatic heterocycles. The van der Waals surface area contributed by atoms with Crippen molar-refractivity contribution in [1.29, 1.82) is 0 Å². The van der Waals surface area contributed by atoms with E-state index in [9.17, 15) is 0 Å². The first-order chi connectivity index (χ1) is 13.7. The smallest absolute Gasteiger partial charge is 0.179 e. The summed E-state index contributed by atoms with van der Waals surface area (Å²) in [6, 6.07) is 9.16. The molecular weight excluding hydrogens is 350 g/mol. The topological polar surface area (TPSA) is 46.4 Å². The van der Waals surface area contributed by atoms with Crippen molar-refractivity contribution in [3.8, 4) is 5.75 Å². The van der Waals surface area contributed by atoms with Crippen molar-refractivity contribution in [1.82, 2.24) is 19.4 Å². The van der Waals surface area contributed by atoms with Gasteiger partial charge in [-0.15, -0.1) is 0 Å². The van der Waals surface area contributed by atoms with Crippen LogP contribution in [0.5, 0.6) is 5.75 Å².